The molecule has 4 nitrogen and oxygen atoms in total. The van der Waals surface area contributed by atoms with Gasteiger partial charge in [-0.15, -0.1) is 0 Å². The molecule has 2 N–H and O–H groups in total. The van der Waals surface area contributed by atoms with E-state index in [-0.39, 0.29) is 5.75 Å². The summed E-state index contributed by atoms with van der Waals surface area (Å²) in [5.41, 5.74) is 6.56. The first kappa shape index (κ1) is 14.9. The van der Waals surface area contributed by atoms with Crippen molar-refractivity contribution in [1.82, 2.24) is 9.78 Å². The molecular formula is C13H14BrF2N3O. The lowest BCUT2D eigenvalue weighted by Crippen LogP contribution is -2.29. The molecule has 1 heterocycles. The van der Waals surface area contributed by atoms with Crippen LogP contribution in [0.1, 0.15) is 18.6 Å². The van der Waals surface area contributed by atoms with E-state index >= 15 is 0 Å². The maximum atomic E-state index is 13.7. The highest BCUT2D eigenvalue weighted by Crippen LogP contribution is 2.30. The molecule has 0 aliphatic carbocycles. The van der Waals surface area contributed by atoms with Crippen molar-refractivity contribution in [2.75, 3.05) is 0 Å². The fourth-order valence-electron chi connectivity index (χ4n) is 1.82. The van der Waals surface area contributed by atoms with E-state index in [0.29, 0.717) is 10.0 Å². The van der Waals surface area contributed by atoms with Gasteiger partial charge in [0.1, 0.15) is 6.10 Å². The lowest BCUT2D eigenvalue weighted by atomic mass is 10.1. The Labute approximate surface area is 123 Å². The van der Waals surface area contributed by atoms with Crippen molar-refractivity contribution < 1.29 is 13.5 Å². The number of benzene rings is 1. The van der Waals surface area contributed by atoms with E-state index in [0.717, 1.165) is 6.07 Å². The molecule has 0 aliphatic rings. The second kappa shape index (κ2) is 5.88. The van der Waals surface area contributed by atoms with Crippen LogP contribution in [0.25, 0.3) is 0 Å². The van der Waals surface area contributed by atoms with Gasteiger partial charge in [0.25, 0.3) is 0 Å². The fourth-order valence-corrected chi connectivity index (χ4v) is 2.23. The van der Waals surface area contributed by atoms with E-state index in [9.17, 15) is 8.78 Å². The van der Waals surface area contributed by atoms with Gasteiger partial charge in [-0.1, -0.05) is 15.9 Å². The van der Waals surface area contributed by atoms with Gasteiger partial charge in [-0.05, 0) is 19.1 Å². The molecule has 1 aromatic heterocycles. The highest BCUT2D eigenvalue weighted by Gasteiger charge is 2.22. The molecule has 2 rings (SSSR count). The molecule has 0 fully saturated rings. The Kier molecular flexibility index (Phi) is 4.39. The van der Waals surface area contributed by atoms with E-state index < -0.39 is 23.8 Å². The molecule has 0 bridgehead atoms. The molecule has 108 valence electrons. The fraction of sp³-hybridized carbons (Fsp3) is 0.308. The summed E-state index contributed by atoms with van der Waals surface area (Å²) in [6.07, 6.45) is 2.69. The molecule has 0 saturated carbocycles. The summed E-state index contributed by atoms with van der Waals surface area (Å²) in [6, 6.07) is 1.98. The molecule has 2 unspecified atom stereocenters. The van der Waals surface area contributed by atoms with Gasteiger partial charge >= 0.3 is 0 Å². The van der Waals surface area contributed by atoms with Gasteiger partial charge in [0.2, 0.25) is 5.82 Å². The molecule has 2 aromatic rings. The number of halogens is 3. The predicted octanol–water partition coefficient (Wildman–Crippen LogP) is 2.93. The molecule has 0 radical (unpaired) electrons. The topological polar surface area (TPSA) is 53.1 Å². The zero-order chi connectivity index (χ0) is 14.9. The second-order valence-corrected chi connectivity index (χ2v) is 5.46. The normalized spacial score (nSPS) is 14.1. The molecule has 7 heteroatoms. The monoisotopic (exact) mass is 345 g/mol. The SMILES string of the molecule is CC(N)C(Oc1cc(Br)cc(F)c1F)c1cnn(C)c1. The molecule has 0 aliphatic heterocycles. The third-order valence-electron chi connectivity index (χ3n) is 2.74. The third kappa shape index (κ3) is 3.16. The van der Waals surface area contributed by atoms with Crippen LogP contribution < -0.4 is 10.5 Å². The number of rotatable bonds is 4. The average molecular weight is 346 g/mol. The number of hydrogen-bond acceptors (Lipinski definition) is 3. The van der Waals surface area contributed by atoms with E-state index in [1.165, 1.54) is 6.07 Å². The van der Waals surface area contributed by atoms with Crippen molar-refractivity contribution >= 4 is 15.9 Å². The number of ether oxygens (including phenoxy) is 1. The quantitative estimate of drug-likeness (QED) is 0.866. The zero-order valence-electron chi connectivity index (χ0n) is 11.0. The van der Waals surface area contributed by atoms with Gasteiger partial charge in [0.05, 0.1) is 6.20 Å². The van der Waals surface area contributed by atoms with Crippen molar-refractivity contribution in [3.8, 4) is 5.75 Å². The highest BCUT2D eigenvalue weighted by atomic mass is 79.9. The van der Waals surface area contributed by atoms with E-state index in [4.69, 9.17) is 10.5 Å². The van der Waals surface area contributed by atoms with E-state index in [1.54, 1.807) is 31.0 Å². The first-order chi connectivity index (χ1) is 9.38. The van der Waals surface area contributed by atoms with E-state index in [2.05, 4.69) is 21.0 Å². The minimum atomic E-state index is -1.04. The van der Waals surface area contributed by atoms with Gasteiger partial charge in [-0.3, -0.25) is 4.68 Å². The van der Waals surface area contributed by atoms with Crippen molar-refractivity contribution in [2.45, 2.75) is 19.1 Å². The molecule has 20 heavy (non-hydrogen) atoms. The Morgan fingerprint density at radius 2 is 2.10 bits per heavy atom. The number of aryl methyl sites for hydroxylation is 1. The maximum Gasteiger partial charge on any atom is 0.200 e. The summed E-state index contributed by atoms with van der Waals surface area (Å²) in [5.74, 6) is -2.21. The van der Waals surface area contributed by atoms with Crippen LogP contribution in [0.4, 0.5) is 8.78 Å². The Hall–Kier alpha value is -1.47. The summed E-state index contributed by atoms with van der Waals surface area (Å²) in [5, 5.41) is 4.02. The summed E-state index contributed by atoms with van der Waals surface area (Å²) in [6.45, 7) is 1.73. The first-order valence-electron chi connectivity index (χ1n) is 5.94. The Morgan fingerprint density at radius 1 is 1.40 bits per heavy atom. The Morgan fingerprint density at radius 3 is 2.65 bits per heavy atom. The van der Waals surface area contributed by atoms with Crippen LogP contribution in [-0.4, -0.2) is 15.8 Å². The average Bonchev–Trinajstić information content (AvgIpc) is 2.77. The van der Waals surface area contributed by atoms with Gasteiger partial charge in [0, 0.05) is 29.3 Å². The first-order valence-corrected chi connectivity index (χ1v) is 6.73. The van der Waals surface area contributed by atoms with Crippen molar-refractivity contribution in [2.24, 2.45) is 12.8 Å². The van der Waals surface area contributed by atoms with Crippen LogP contribution in [0.5, 0.6) is 5.75 Å². The predicted molar refractivity (Wildman–Crippen MR) is 74.3 cm³/mol. The Bertz CT molecular complexity index is 616. The smallest absolute Gasteiger partial charge is 0.200 e. The minimum Gasteiger partial charge on any atom is -0.481 e. The second-order valence-electron chi connectivity index (χ2n) is 4.54. The van der Waals surface area contributed by atoms with Crippen LogP contribution in [0.15, 0.2) is 29.0 Å². The molecule has 0 saturated heterocycles. The largest absolute Gasteiger partial charge is 0.481 e. The number of nitrogens with zero attached hydrogens (tertiary/aromatic N) is 2. The number of nitrogens with two attached hydrogens (primary N) is 1. The molecule has 2 atom stereocenters. The third-order valence-corrected chi connectivity index (χ3v) is 3.20. The summed E-state index contributed by atoms with van der Waals surface area (Å²) in [7, 11) is 1.75. The van der Waals surface area contributed by atoms with Gasteiger partial charge in [0.15, 0.2) is 11.6 Å². The van der Waals surface area contributed by atoms with Crippen molar-refractivity contribution in [3.05, 3.63) is 46.2 Å². The maximum absolute atomic E-state index is 13.7. The summed E-state index contributed by atoms with van der Waals surface area (Å²) < 4.78 is 34.6. The van der Waals surface area contributed by atoms with Gasteiger partial charge in [-0.25, -0.2) is 4.39 Å². The molecule has 0 amide bonds. The van der Waals surface area contributed by atoms with E-state index in [1.807, 2.05) is 0 Å². The van der Waals surface area contributed by atoms with Crippen LogP contribution in [0.2, 0.25) is 0 Å². The van der Waals surface area contributed by atoms with Gasteiger partial charge in [-0.2, -0.15) is 9.49 Å². The van der Waals surface area contributed by atoms with Gasteiger partial charge < -0.3 is 10.5 Å². The summed E-state index contributed by atoms with van der Waals surface area (Å²) in [4.78, 5) is 0. The van der Waals surface area contributed by atoms with Crippen LogP contribution in [0.3, 0.4) is 0 Å². The highest BCUT2D eigenvalue weighted by molar-refractivity contribution is 9.10. The summed E-state index contributed by atoms with van der Waals surface area (Å²) >= 11 is 3.10. The van der Waals surface area contributed by atoms with Crippen LogP contribution in [-0.2, 0) is 7.05 Å². The lowest BCUT2D eigenvalue weighted by molar-refractivity contribution is 0.170. The molecular weight excluding hydrogens is 332 g/mol. The number of hydrogen-bond donors (Lipinski definition) is 1. The van der Waals surface area contributed by atoms with Crippen molar-refractivity contribution in [3.63, 3.8) is 0 Å². The van der Waals surface area contributed by atoms with Crippen molar-refractivity contribution in [1.29, 1.82) is 0 Å². The van der Waals surface area contributed by atoms with Crippen LogP contribution >= 0.6 is 15.9 Å². The standard InChI is InChI=1S/C13H14BrF2N3O/c1-7(17)13(8-5-18-19(2)6-8)20-11-4-9(14)3-10(15)12(11)16/h3-7,13H,17H2,1-2H3. The minimum absolute atomic E-state index is 0.192. The van der Waals surface area contributed by atoms with Crippen LogP contribution in [0, 0.1) is 11.6 Å². The molecule has 1 aromatic carbocycles. The zero-order valence-corrected chi connectivity index (χ0v) is 12.6. The lowest BCUT2D eigenvalue weighted by Gasteiger charge is -2.22. The molecule has 0 spiro atoms. The number of aromatic nitrogens is 2. The Balaban J connectivity index is 2.34.